The molecule has 18 heavy (non-hydrogen) atoms. The van der Waals surface area contributed by atoms with Crippen LogP contribution in [0.15, 0.2) is 36.4 Å². The fourth-order valence-electron chi connectivity index (χ4n) is 1.79. The van der Waals surface area contributed by atoms with Gasteiger partial charge < -0.3 is 5.11 Å². The lowest BCUT2D eigenvalue weighted by Crippen LogP contribution is -2.13. The third kappa shape index (κ3) is 3.12. The molecule has 4 heteroatoms. The van der Waals surface area contributed by atoms with Gasteiger partial charge in [0.1, 0.15) is 0 Å². The summed E-state index contributed by atoms with van der Waals surface area (Å²) in [5.74, 6) is -1.33. The second-order valence-electron chi connectivity index (χ2n) is 4.22. The van der Waals surface area contributed by atoms with Gasteiger partial charge in [0.05, 0.1) is 10.3 Å². The molecule has 0 fully saturated rings. The molecule has 0 bridgehead atoms. The molecule has 0 aliphatic rings. The number of rotatable bonds is 4. The monoisotopic (exact) mass is 280 g/mol. The molecule has 0 radical (unpaired) electrons. The van der Waals surface area contributed by atoms with E-state index in [0.717, 1.165) is 10.4 Å². The van der Waals surface area contributed by atoms with Gasteiger partial charge in [-0.1, -0.05) is 41.4 Å². The molecule has 1 heterocycles. The van der Waals surface area contributed by atoms with Crippen LogP contribution in [0.4, 0.5) is 0 Å². The number of aliphatic carboxylic acids is 1. The van der Waals surface area contributed by atoms with Gasteiger partial charge in [-0.25, -0.2) is 0 Å². The summed E-state index contributed by atoms with van der Waals surface area (Å²) in [5.41, 5.74) is 2.20. The first-order valence-electron chi connectivity index (χ1n) is 5.60. The first kappa shape index (κ1) is 13.1. The molecule has 0 saturated heterocycles. The molecule has 0 saturated carbocycles. The van der Waals surface area contributed by atoms with Gasteiger partial charge in [-0.3, -0.25) is 4.79 Å². The third-order valence-electron chi connectivity index (χ3n) is 2.80. The highest BCUT2D eigenvalue weighted by Crippen LogP contribution is 2.30. The van der Waals surface area contributed by atoms with Crippen LogP contribution in [0.5, 0.6) is 0 Å². The van der Waals surface area contributed by atoms with Crippen molar-refractivity contribution in [1.29, 1.82) is 0 Å². The van der Waals surface area contributed by atoms with Crippen molar-refractivity contribution >= 4 is 28.9 Å². The molecule has 0 aliphatic heterocycles. The van der Waals surface area contributed by atoms with Crippen molar-refractivity contribution in [3.63, 3.8) is 0 Å². The van der Waals surface area contributed by atoms with Gasteiger partial charge >= 0.3 is 5.97 Å². The number of carboxylic acid groups (broad SMARTS) is 1. The molecule has 1 aromatic heterocycles. The predicted octanol–water partition coefficient (Wildman–Crippen LogP) is 4.12. The van der Waals surface area contributed by atoms with Gasteiger partial charge in [0, 0.05) is 4.88 Å². The third-order valence-corrected chi connectivity index (χ3v) is 4.14. The van der Waals surface area contributed by atoms with E-state index < -0.39 is 11.9 Å². The topological polar surface area (TPSA) is 37.3 Å². The first-order valence-corrected chi connectivity index (χ1v) is 6.79. The van der Waals surface area contributed by atoms with Crippen LogP contribution in [0.1, 0.15) is 21.9 Å². The Bertz CT molecular complexity index is 545. The van der Waals surface area contributed by atoms with Crippen molar-refractivity contribution in [2.45, 2.75) is 19.3 Å². The lowest BCUT2D eigenvalue weighted by atomic mass is 9.97. The van der Waals surface area contributed by atoms with Crippen molar-refractivity contribution in [3.05, 3.63) is 56.7 Å². The number of carboxylic acids is 1. The molecule has 0 aliphatic carbocycles. The molecule has 0 spiro atoms. The minimum atomic E-state index is -0.811. The Labute approximate surface area is 115 Å². The van der Waals surface area contributed by atoms with Gasteiger partial charge in [0.15, 0.2) is 0 Å². The van der Waals surface area contributed by atoms with Crippen molar-refractivity contribution in [2.24, 2.45) is 0 Å². The smallest absolute Gasteiger partial charge is 0.312 e. The van der Waals surface area contributed by atoms with E-state index in [1.165, 1.54) is 16.9 Å². The zero-order valence-corrected chi connectivity index (χ0v) is 11.5. The van der Waals surface area contributed by atoms with E-state index in [1.807, 2.05) is 31.2 Å². The fraction of sp³-hybridized carbons (Fsp3) is 0.214. The van der Waals surface area contributed by atoms with Crippen LogP contribution in [-0.4, -0.2) is 11.1 Å². The first-order chi connectivity index (χ1) is 8.56. The average Bonchev–Trinajstić information content (AvgIpc) is 2.74. The SMILES string of the molecule is Cc1ccc(CC(C(=O)O)c2ccc(Cl)s2)cc1. The molecule has 1 aromatic carbocycles. The van der Waals surface area contributed by atoms with Gasteiger partial charge in [-0.15, -0.1) is 11.3 Å². The second kappa shape index (κ2) is 5.55. The second-order valence-corrected chi connectivity index (χ2v) is 5.97. The lowest BCUT2D eigenvalue weighted by Gasteiger charge is -2.10. The zero-order valence-electron chi connectivity index (χ0n) is 9.89. The van der Waals surface area contributed by atoms with Crippen molar-refractivity contribution < 1.29 is 9.90 Å². The summed E-state index contributed by atoms with van der Waals surface area (Å²) in [4.78, 5) is 12.1. The van der Waals surface area contributed by atoms with E-state index in [4.69, 9.17) is 11.6 Å². The minimum absolute atomic E-state index is 0.493. The molecular weight excluding hydrogens is 268 g/mol. The summed E-state index contributed by atoms with van der Waals surface area (Å²) in [5, 5.41) is 9.32. The number of thiophene rings is 1. The maximum atomic E-state index is 11.3. The molecule has 2 nitrogen and oxygen atoms in total. The maximum absolute atomic E-state index is 11.3. The van der Waals surface area contributed by atoms with Gasteiger partial charge in [-0.2, -0.15) is 0 Å². The molecule has 94 valence electrons. The number of hydrogen-bond acceptors (Lipinski definition) is 2. The fourth-order valence-corrected chi connectivity index (χ4v) is 2.94. The normalized spacial score (nSPS) is 12.3. The van der Waals surface area contributed by atoms with Crippen LogP contribution >= 0.6 is 22.9 Å². The summed E-state index contributed by atoms with van der Waals surface area (Å²) in [6, 6.07) is 11.5. The summed E-state index contributed by atoms with van der Waals surface area (Å²) in [6.45, 7) is 2.01. The number of aryl methyl sites for hydroxylation is 1. The van der Waals surface area contributed by atoms with E-state index in [1.54, 1.807) is 12.1 Å². The highest BCUT2D eigenvalue weighted by molar-refractivity contribution is 7.16. The van der Waals surface area contributed by atoms with E-state index in [0.29, 0.717) is 10.8 Å². The number of halogens is 1. The summed E-state index contributed by atoms with van der Waals surface area (Å²) < 4.78 is 0.625. The Morgan fingerprint density at radius 3 is 2.44 bits per heavy atom. The van der Waals surface area contributed by atoms with Crippen LogP contribution in [0, 0.1) is 6.92 Å². The molecule has 2 rings (SSSR count). The molecule has 1 atom stereocenters. The molecule has 2 aromatic rings. The van der Waals surface area contributed by atoms with Crippen LogP contribution in [0.3, 0.4) is 0 Å². The Kier molecular flexibility index (Phi) is 4.04. The highest BCUT2D eigenvalue weighted by atomic mass is 35.5. The molecule has 0 amide bonds. The van der Waals surface area contributed by atoms with Crippen molar-refractivity contribution in [1.82, 2.24) is 0 Å². The standard InChI is InChI=1S/C14H13ClO2S/c1-9-2-4-10(5-3-9)8-11(14(16)17)12-6-7-13(15)18-12/h2-7,11H,8H2,1H3,(H,16,17). The van der Waals surface area contributed by atoms with Crippen LogP contribution in [0.2, 0.25) is 4.34 Å². The van der Waals surface area contributed by atoms with Crippen LogP contribution in [-0.2, 0) is 11.2 Å². The Balaban J connectivity index is 2.22. The van der Waals surface area contributed by atoms with Gasteiger partial charge in [-0.05, 0) is 31.0 Å². The van der Waals surface area contributed by atoms with E-state index >= 15 is 0 Å². The molecule has 1 unspecified atom stereocenters. The van der Waals surface area contributed by atoms with E-state index in [-0.39, 0.29) is 0 Å². The van der Waals surface area contributed by atoms with E-state index in [2.05, 4.69) is 0 Å². The quantitative estimate of drug-likeness (QED) is 0.915. The number of benzene rings is 1. The van der Waals surface area contributed by atoms with Gasteiger partial charge in [0.25, 0.3) is 0 Å². The maximum Gasteiger partial charge on any atom is 0.312 e. The summed E-state index contributed by atoms with van der Waals surface area (Å²) in [6.07, 6.45) is 0.493. The Morgan fingerprint density at radius 2 is 1.94 bits per heavy atom. The largest absolute Gasteiger partial charge is 0.481 e. The minimum Gasteiger partial charge on any atom is -0.481 e. The van der Waals surface area contributed by atoms with Crippen LogP contribution in [0.25, 0.3) is 0 Å². The summed E-state index contributed by atoms with van der Waals surface area (Å²) >= 11 is 7.19. The van der Waals surface area contributed by atoms with Gasteiger partial charge in [0.2, 0.25) is 0 Å². The van der Waals surface area contributed by atoms with Crippen LogP contribution < -0.4 is 0 Å². The molecular formula is C14H13ClO2S. The predicted molar refractivity (Wildman–Crippen MR) is 74.6 cm³/mol. The highest BCUT2D eigenvalue weighted by Gasteiger charge is 2.22. The Hall–Kier alpha value is -1.32. The summed E-state index contributed by atoms with van der Waals surface area (Å²) in [7, 11) is 0. The van der Waals surface area contributed by atoms with E-state index in [9.17, 15) is 9.90 Å². The molecule has 1 N–H and O–H groups in total. The number of carbonyl (C=O) groups is 1. The van der Waals surface area contributed by atoms with Crippen molar-refractivity contribution in [2.75, 3.05) is 0 Å². The lowest BCUT2D eigenvalue weighted by molar-refractivity contribution is -0.138. The van der Waals surface area contributed by atoms with Crippen molar-refractivity contribution in [3.8, 4) is 0 Å². The number of hydrogen-bond donors (Lipinski definition) is 1. The Morgan fingerprint density at radius 1 is 1.28 bits per heavy atom. The zero-order chi connectivity index (χ0) is 13.1. The average molecular weight is 281 g/mol.